The normalized spacial score (nSPS) is 25.7. The lowest BCUT2D eigenvalue weighted by Crippen LogP contribution is -2.49. The van der Waals surface area contributed by atoms with Crippen molar-refractivity contribution in [3.8, 4) is 0 Å². The van der Waals surface area contributed by atoms with Gasteiger partial charge in [-0.05, 0) is 93.2 Å². The highest BCUT2D eigenvalue weighted by molar-refractivity contribution is 6.73. The largest absolute Gasteiger partial charge is 0.409 e. The van der Waals surface area contributed by atoms with Crippen LogP contribution in [0, 0.1) is 12.8 Å². The van der Waals surface area contributed by atoms with Gasteiger partial charge in [0, 0.05) is 11.6 Å². The molecule has 0 saturated carbocycles. The molecule has 1 aromatic rings. The summed E-state index contributed by atoms with van der Waals surface area (Å²) in [7, 11) is -1.78. The molecule has 0 fully saturated rings. The number of rotatable bonds is 5. The van der Waals surface area contributed by atoms with E-state index in [9.17, 15) is 0 Å². The third kappa shape index (κ3) is 3.41. The third-order valence-corrected chi connectivity index (χ3v) is 11.4. The molecule has 0 unspecified atom stereocenters. The lowest BCUT2D eigenvalue weighted by molar-refractivity contribution is -0.141. The Bertz CT molecular complexity index is 754. The Kier molecular flexibility index (Phi) is 5.16. The van der Waals surface area contributed by atoms with Gasteiger partial charge in [0.1, 0.15) is 0 Å². The van der Waals surface area contributed by atoms with E-state index in [2.05, 4.69) is 73.6 Å². The van der Waals surface area contributed by atoms with Crippen LogP contribution in [0.1, 0.15) is 71.3 Å². The summed E-state index contributed by atoms with van der Waals surface area (Å²) < 4.78 is 13.6. The zero-order chi connectivity index (χ0) is 20.2. The molecule has 0 spiro atoms. The number of hydrogen-bond acceptors (Lipinski definition) is 3. The van der Waals surface area contributed by atoms with Crippen molar-refractivity contribution in [1.29, 1.82) is 0 Å². The van der Waals surface area contributed by atoms with Gasteiger partial charge in [-0.2, -0.15) is 0 Å². The molecule has 2 atom stereocenters. The summed E-state index contributed by atoms with van der Waals surface area (Å²) in [5.74, 6) is 0.207. The van der Waals surface area contributed by atoms with E-state index in [1.807, 2.05) is 0 Å². The summed E-state index contributed by atoms with van der Waals surface area (Å²) >= 11 is 0. The molecule has 0 aromatic heterocycles. The first-order valence-electron chi connectivity index (χ1n) is 10.5. The average molecular weight is 388 g/mol. The molecule has 1 heterocycles. The minimum absolute atomic E-state index is 0.0340. The van der Waals surface area contributed by atoms with E-state index in [0.717, 1.165) is 29.4 Å². The summed E-state index contributed by atoms with van der Waals surface area (Å²) in [6, 6.07) is 7.86. The van der Waals surface area contributed by atoms with E-state index < -0.39 is 8.32 Å². The summed E-state index contributed by atoms with van der Waals surface area (Å²) in [6.45, 7) is 17.7. The van der Waals surface area contributed by atoms with Crippen LogP contribution in [0.3, 0.4) is 0 Å². The lowest BCUT2D eigenvalue weighted by Gasteiger charge is -2.47. The van der Waals surface area contributed by atoms with Gasteiger partial charge in [-0.3, -0.25) is 0 Å². The molecule has 150 valence electrons. The maximum atomic E-state index is 7.10. The second kappa shape index (κ2) is 6.75. The van der Waals surface area contributed by atoms with E-state index in [0.29, 0.717) is 0 Å². The summed E-state index contributed by atoms with van der Waals surface area (Å²) in [4.78, 5) is 0. The maximum absolute atomic E-state index is 7.10. The van der Waals surface area contributed by atoms with E-state index in [1.165, 1.54) is 16.7 Å². The highest BCUT2D eigenvalue weighted by Crippen LogP contribution is 2.57. The van der Waals surface area contributed by atoms with Gasteiger partial charge in [0.2, 0.25) is 0 Å². The number of nitrogens with two attached hydrogens (primary N) is 1. The Hall–Kier alpha value is -1.10. The van der Waals surface area contributed by atoms with Crippen molar-refractivity contribution in [2.75, 3.05) is 5.73 Å². The molecule has 1 aliphatic heterocycles. The minimum Gasteiger partial charge on any atom is -0.409 e. The van der Waals surface area contributed by atoms with Crippen molar-refractivity contribution >= 4 is 19.6 Å². The van der Waals surface area contributed by atoms with Crippen molar-refractivity contribution in [3.63, 3.8) is 0 Å². The molecule has 2 aliphatic rings. The monoisotopic (exact) mass is 387 g/mol. The van der Waals surface area contributed by atoms with Crippen LogP contribution < -0.4 is 5.73 Å². The standard InChI is InChI=1S/C23H37NO2Si/c1-9-27(10-2,11-3)25-21-17-13-19(24)15(4)12-16(17)18-14-22(5,6)26-23(7,8)20(18)21/h12-14,20-21H,9-11,24H2,1-8H3/t20-,21-/m1/s1. The van der Waals surface area contributed by atoms with Crippen molar-refractivity contribution in [3.05, 3.63) is 34.9 Å². The third-order valence-electron chi connectivity index (χ3n) is 6.78. The van der Waals surface area contributed by atoms with Crippen molar-refractivity contribution < 1.29 is 9.16 Å². The SMILES string of the molecule is CC[Si](CC)(CC)O[C@@H]1c2cc(N)c(C)cc2C2=CC(C)(C)OC(C)(C)[C@H]21. The summed E-state index contributed by atoms with van der Waals surface area (Å²) in [5, 5.41) is 0. The Morgan fingerprint density at radius 3 is 2.22 bits per heavy atom. The molecule has 1 aromatic carbocycles. The fourth-order valence-electron chi connectivity index (χ4n) is 5.19. The van der Waals surface area contributed by atoms with Crippen LogP contribution in [0.15, 0.2) is 18.2 Å². The summed E-state index contributed by atoms with van der Waals surface area (Å²) in [6.07, 6.45) is 2.35. The molecule has 0 bridgehead atoms. The average Bonchev–Trinajstić information content (AvgIpc) is 2.85. The molecule has 0 radical (unpaired) electrons. The van der Waals surface area contributed by atoms with Crippen molar-refractivity contribution in [2.45, 2.75) is 90.8 Å². The Labute approximate surface area is 166 Å². The van der Waals surface area contributed by atoms with Crippen LogP contribution in [-0.4, -0.2) is 19.5 Å². The number of aryl methyl sites for hydroxylation is 1. The Morgan fingerprint density at radius 2 is 1.67 bits per heavy atom. The zero-order valence-electron chi connectivity index (χ0n) is 18.4. The van der Waals surface area contributed by atoms with E-state index in [4.69, 9.17) is 14.9 Å². The van der Waals surface area contributed by atoms with Crippen LogP contribution in [0.2, 0.25) is 18.1 Å². The molecule has 27 heavy (non-hydrogen) atoms. The summed E-state index contributed by atoms with van der Waals surface area (Å²) in [5.41, 5.74) is 11.7. The topological polar surface area (TPSA) is 44.5 Å². The quantitative estimate of drug-likeness (QED) is 0.480. The Morgan fingerprint density at radius 1 is 1.07 bits per heavy atom. The molecular formula is C23H37NO2Si. The van der Waals surface area contributed by atoms with E-state index in [1.54, 1.807) is 0 Å². The number of ether oxygens (including phenoxy) is 1. The molecular weight excluding hydrogens is 350 g/mol. The van der Waals surface area contributed by atoms with Gasteiger partial charge in [-0.15, -0.1) is 0 Å². The van der Waals surface area contributed by atoms with Gasteiger partial charge in [-0.25, -0.2) is 0 Å². The van der Waals surface area contributed by atoms with Crippen molar-refractivity contribution in [2.24, 2.45) is 5.92 Å². The van der Waals surface area contributed by atoms with E-state index in [-0.39, 0.29) is 23.2 Å². The first kappa shape index (κ1) is 20.6. The molecule has 4 heteroatoms. The van der Waals surface area contributed by atoms with Gasteiger partial charge in [0.15, 0.2) is 8.32 Å². The van der Waals surface area contributed by atoms with Gasteiger partial charge in [0.25, 0.3) is 0 Å². The molecule has 3 rings (SSSR count). The first-order chi connectivity index (χ1) is 12.5. The zero-order valence-corrected chi connectivity index (χ0v) is 19.4. The van der Waals surface area contributed by atoms with Gasteiger partial charge in [0.05, 0.1) is 17.3 Å². The lowest BCUT2D eigenvalue weighted by atomic mass is 9.78. The van der Waals surface area contributed by atoms with Gasteiger partial charge in [-0.1, -0.05) is 20.8 Å². The molecule has 3 nitrogen and oxygen atoms in total. The van der Waals surface area contributed by atoms with Gasteiger partial charge < -0.3 is 14.9 Å². The predicted molar refractivity (Wildman–Crippen MR) is 117 cm³/mol. The fraction of sp³-hybridized carbons (Fsp3) is 0.652. The first-order valence-corrected chi connectivity index (χ1v) is 13.0. The fourth-order valence-corrected chi connectivity index (χ4v) is 7.99. The molecule has 0 amide bonds. The highest BCUT2D eigenvalue weighted by atomic mass is 28.4. The number of hydrogen-bond donors (Lipinski definition) is 1. The smallest absolute Gasteiger partial charge is 0.192 e. The Balaban J connectivity index is 2.20. The number of benzene rings is 1. The molecule has 2 N–H and O–H groups in total. The number of nitrogen functional groups attached to an aromatic ring is 1. The second-order valence-corrected chi connectivity index (χ2v) is 14.2. The van der Waals surface area contributed by atoms with Crippen LogP contribution in [0.25, 0.3) is 5.57 Å². The van der Waals surface area contributed by atoms with Crippen molar-refractivity contribution in [1.82, 2.24) is 0 Å². The molecule has 0 saturated heterocycles. The van der Waals surface area contributed by atoms with E-state index >= 15 is 0 Å². The van der Waals surface area contributed by atoms with Crippen LogP contribution in [-0.2, 0) is 9.16 Å². The number of fused-ring (bicyclic) bond motifs is 3. The van der Waals surface area contributed by atoms with Gasteiger partial charge >= 0.3 is 0 Å². The predicted octanol–water partition coefficient (Wildman–Crippen LogP) is 6.24. The van der Waals surface area contributed by atoms with Crippen LogP contribution in [0.4, 0.5) is 5.69 Å². The van der Waals surface area contributed by atoms with Crippen LogP contribution in [0.5, 0.6) is 0 Å². The number of anilines is 1. The maximum Gasteiger partial charge on any atom is 0.192 e. The molecule has 1 aliphatic carbocycles. The second-order valence-electron chi connectivity index (χ2n) is 9.46. The van der Waals surface area contributed by atoms with Crippen LogP contribution >= 0.6 is 0 Å². The highest BCUT2D eigenvalue weighted by Gasteiger charge is 2.53. The minimum atomic E-state index is -1.78.